The molecule has 2 aromatic rings. The van der Waals surface area contributed by atoms with E-state index in [0.29, 0.717) is 0 Å². The van der Waals surface area contributed by atoms with Gasteiger partial charge in [-0.15, -0.1) is 11.3 Å². The van der Waals surface area contributed by atoms with E-state index in [4.69, 9.17) is 0 Å². The summed E-state index contributed by atoms with van der Waals surface area (Å²) in [7, 11) is 0. The van der Waals surface area contributed by atoms with Gasteiger partial charge in [0.15, 0.2) is 5.69 Å². The number of hydrogen-bond acceptors (Lipinski definition) is 4. The molecule has 0 spiro atoms. The Bertz CT molecular complexity index is 601. The van der Waals surface area contributed by atoms with E-state index in [-0.39, 0.29) is 5.69 Å². The molecule has 19 heavy (non-hydrogen) atoms. The number of carbonyl (C=O) groups is 2. The number of H-pyrrole nitrogens is 1. The average molecular weight is 276 g/mol. The summed E-state index contributed by atoms with van der Waals surface area (Å²) in [5, 5.41) is 8.34. The zero-order chi connectivity index (χ0) is 13.7. The second-order valence-corrected chi connectivity index (χ2v) is 4.71. The van der Waals surface area contributed by atoms with Crippen LogP contribution in [0.4, 0.5) is 0 Å². The third-order valence-electron chi connectivity index (χ3n) is 2.18. The fraction of sp³-hybridized carbons (Fsp3) is 0.0833. The molecule has 0 unspecified atom stereocenters. The summed E-state index contributed by atoms with van der Waals surface area (Å²) in [5.74, 6) is -0.878. The molecule has 2 aromatic heterocycles. The van der Waals surface area contributed by atoms with Gasteiger partial charge in [-0.25, -0.2) is 0 Å². The number of aromatic nitrogens is 2. The number of thiophene rings is 1. The third kappa shape index (κ3) is 3.78. The number of nitrogens with one attached hydrogen (secondary N) is 3. The Hall–Kier alpha value is -2.41. The molecule has 0 aromatic carbocycles. The van der Waals surface area contributed by atoms with Crippen LogP contribution in [-0.4, -0.2) is 22.0 Å². The second-order valence-electron chi connectivity index (χ2n) is 3.73. The van der Waals surface area contributed by atoms with Crippen LogP contribution >= 0.6 is 11.3 Å². The molecular formula is C12H12N4O2S. The van der Waals surface area contributed by atoms with Crippen LogP contribution in [0.1, 0.15) is 21.1 Å². The lowest BCUT2D eigenvalue weighted by Crippen LogP contribution is -2.40. The van der Waals surface area contributed by atoms with Crippen LogP contribution in [0.25, 0.3) is 6.08 Å². The molecule has 2 amide bonds. The Balaban J connectivity index is 1.82. The predicted octanol–water partition coefficient (Wildman–Crippen LogP) is 1.25. The van der Waals surface area contributed by atoms with Gasteiger partial charge in [0.25, 0.3) is 11.8 Å². The van der Waals surface area contributed by atoms with Gasteiger partial charge in [0.1, 0.15) is 0 Å². The monoisotopic (exact) mass is 276 g/mol. The standard InChI is InChI=1S/C12H12N4O2S/c1-8-7-10(14-13-8)12(18)16-15-11(17)5-4-9-3-2-6-19-9/h2-7H,1H3,(H,13,14)(H,15,17)(H,16,18). The largest absolute Gasteiger partial charge is 0.290 e. The van der Waals surface area contributed by atoms with Crippen LogP contribution in [0.2, 0.25) is 0 Å². The minimum atomic E-state index is -0.470. The molecule has 0 saturated carbocycles. The van der Waals surface area contributed by atoms with Gasteiger partial charge in [-0.1, -0.05) is 6.07 Å². The first-order chi connectivity index (χ1) is 9.15. The first-order valence-corrected chi connectivity index (χ1v) is 6.37. The van der Waals surface area contributed by atoms with Crippen LogP contribution < -0.4 is 10.9 Å². The molecule has 7 heteroatoms. The lowest BCUT2D eigenvalue weighted by atomic mass is 10.3. The number of aryl methyl sites for hydroxylation is 1. The molecule has 0 atom stereocenters. The first kappa shape index (κ1) is 13.0. The highest BCUT2D eigenvalue weighted by atomic mass is 32.1. The Kier molecular flexibility index (Phi) is 4.09. The highest BCUT2D eigenvalue weighted by Gasteiger charge is 2.08. The van der Waals surface area contributed by atoms with E-state index >= 15 is 0 Å². The van der Waals surface area contributed by atoms with E-state index in [2.05, 4.69) is 21.0 Å². The summed E-state index contributed by atoms with van der Waals surface area (Å²) in [6, 6.07) is 5.37. The quantitative estimate of drug-likeness (QED) is 0.582. The van der Waals surface area contributed by atoms with E-state index in [1.54, 1.807) is 19.1 Å². The van der Waals surface area contributed by atoms with Gasteiger partial charge in [-0.3, -0.25) is 25.5 Å². The number of rotatable bonds is 3. The molecular weight excluding hydrogens is 264 g/mol. The van der Waals surface area contributed by atoms with E-state index in [1.807, 2.05) is 17.5 Å². The van der Waals surface area contributed by atoms with Gasteiger partial charge in [-0.05, 0) is 30.5 Å². The van der Waals surface area contributed by atoms with Crippen molar-refractivity contribution >= 4 is 29.2 Å². The maximum atomic E-state index is 11.6. The van der Waals surface area contributed by atoms with Crippen molar-refractivity contribution in [2.24, 2.45) is 0 Å². The Labute approximate surface area is 113 Å². The van der Waals surface area contributed by atoms with Gasteiger partial charge in [0, 0.05) is 16.6 Å². The topological polar surface area (TPSA) is 86.9 Å². The summed E-state index contributed by atoms with van der Waals surface area (Å²) in [6.07, 6.45) is 3.02. The highest BCUT2D eigenvalue weighted by Crippen LogP contribution is 2.09. The lowest BCUT2D eigenvalue weighted by Gasteiger charge is -2.02. The Morgan fingerprint density at radius 3 is 2.89 bits per heavy atom. The zero-order valence-electron chi connectivity index (χ0n) is 10.1. The number of carbonyl (C=O) groups excluding carboxylic acids is 2. The van der Waals surface area contributed by atoms with Crippen molar-refractivity contribution in [2.75, 3.05) is 0 Å². The van der Waals surface area contributed by atoms with Crippen molar-refractivity contribution in [1.82, 2.24) is 21.0 Å². The SMILES string of the molecule is Cc1cc(C(=O)NNC(=O)C=Cc2cccs2)n[nH]1. The highest BCUT2D eigenvalue weighted by molar-refractivity contribution is 7.10. The van der Waals surface area contributed by atoms with Gasteiger partial charge in [0.05, 0.1) is 0 Å². The smallest absolute Gasteiger partial charge is 0.282 e. The van der Waals surface area contributed by atoms with Crippen molar-refractivity contribution in [2.45, 2.75) is 6.92 Å². The summed E-state index contributed by atoms with van der Waals surface area (Å²) >= 11 is 1.52. The van der Waals surface area contributed by atoms with E-state index < -0.39 is 11.8 Å². The van der Waals surface area contributed by atoms with Crippen LogP contribution in [0.5, 0.6) is 0 Å². The summed E-state index contributed by atoms with van der Waals surface area (Å²) < 4.78 is 0. The predicted molar refractivity (Wildman–Crippen MR) is 72.3 cm³/mol. The number of aromatic amines is 1. The number of amides is 2. The lowest BCUT2D eigenvalue weighted by molar-refractivity contribution is -0.117. The van der Waals surface area contributed by atoms with Gasteiger partial charge < -0.3 is 0 Å². The molecule has 0 radical (unpaired) electrons. The van der Waals surface area contributed by atoms with Crippen molar-refractivity contribution in [3.05, 3.63) is 45.9 Å². The molecule has 0 aliphatic heterocycles. The summed E-state index contributed by atoms with van der Waals surface area (Å²) in [5.41, 5.74) is 5.55. The maximum Gasteiger partial charge on any atom is 0.290 e. The first-order valence-electron chi connectivity index (χ1n) is 5.49. The van der Waals surface area contributed by atoms with Crippen LogP contribution in [0.15, 0.2) is 29.7 Å². The minimum Gasteiger partial charge on any atom is -0.282 e. The van der Waals surface area contributed by atoms with Crippen molar-refractivity contribution in [3.8, 4) is 0 Å². The normalized spacial score (nSPS) is 10.6. The molecule has 6 nitrogen and oxygen atoms in total. The van der Waals surface area contributed by atoms with E-state index in [9.17, 15) is 9.59 Å². The molecule has 0 fully saturated rings. The van der Waals surface area contributed by atoms with Crippen molar-refractivity contribution in [3.63, 3.8) is 0 Å². The van der Waals surface area contributed by atoms with Crippen molar-refractivity contribution < 1.29 is 9.59 Å². The van der Waals surface area contributed by atoms with E-state index in [0.717, 1.165) is 10.6 Å². The maximum absolute atomic E-state index is 11.6. The summed E-state index contributed by atoms with van der Waals surface area (Å²) in [6.45, 7) is 1.78. The fourth-order valence-corrected chi connectivity index (χ4v) is 1.92. The average Bonchev–Trinajstić information content (AvgIpc) is 3.04. The number of hydrogen-bond donors (Lipinski definition) is 3. The molecule has 2 heterocycles. The molecule has 3 N–H and O–H groups in total. The molecule has 0 saturated heterocycles. The van der Waals surface area contributed by atoms with Gasteiger partial charge >= 0.3 is 0 Å². The van der Waals surface area contributed by atoms with Crippen molar-refractivity contribution in [1.29, 1.82) is 0 Å². The van der Waals surface area contributed by atoms with Gasteiger partial charge in [0.2, 0.25) is 0 Å². The fourth-order valence-electron chi connectivity index (χ4n) is 1.30. The molecule has 0 aliphatic rings. The molecule has 2 rings (SSSR count). The third-order valence-corrected chi connectivity index (χ3v) is 3.02. The summed E-state index contributed by atoms with van der Waals surface area (Å²) in [4.78, 5) is 24.0. The van der Waals surface area contributed by atoms with Gasteiger partial charge in [-0.2, -0.15) is 5.10 Å². The van der Waals surface area contributed by atoms with E-state index in [1.165, 1.54) is 17.4 Å². The van der Waals surface area contributed by atoms with Crippen LogP contribution in [0.3, 0.4) is 0 Å². The minimum absolute atomic E-state index is 0.222. The molecule has 0 bridgehead atoms. The molecule has 0 aliphatic carbocycles. The number of nitrogens with zero attached hydrogens (tertiary/aromatic N) is 1. The Morgan fingerprint density at radius 1 is 1.42 bits per heavy atom. The zero-order valence-corrected chi connectivity index (χ0v) is 11.0. The Morgan fingerprint density at radius 2 is 2.26 bits per heavy atom. The van der Waals surface area contributed by atoms with Crippen LogP contribution in [-0.2, 0) is 4.79 Å². The van der Waals surface area contributed by atoms with Crippen LogP contribution in [0, 0.1) is 6.92 Å². The number of hydrazine groups is 1. The second kappa shape index (κ2) is 5.96. The molecule has 98 valence electrons.